The first-order chi connectivity index (χ1) is 11.1. The van der Waals surface area contributed by atoms with Gasteiger partial charge in [-0.1, -0.05) is 27.5 Å². The Morgan fingerprint density at radius 1 is 1.13 bits per heavy atom. The van der Waals surface area contributed by atoms with E-state index in [1.807, 2.05) is 18.2 Å². The molecule has 2 nitrogen and oxygen atoms in total. The Kier molecular flexibility index (Phi) is 5.05. The molecule has 5 heteroatoms. The van der Waals surface area contributed by atoms with Gasteiger partial charge in [-0.2, -0.15) is 0 Å². The molecule has 0 amide bonds. The van der Waals surface area contributed by atoms with Crippen LogP contribution in [-0.4, -0.2) is 11.5 Å². The molecule has 3 N–H and O–H groups in total. The molecule has 3 rings (SSSR count). The largest absolute Gasteiger partial charge is 0.354 e. The fourth-order valence-corrected chi connectivity index (χ4v) is 3.42. The summed E-state index contributed by atoms with van der Waals surface area (Å²) in [6, 6.07) is 10.6. The molecule has 0 radical (unpaired) electrons. The number of aromatic amines is 1. The summed E-state index contributed by atoms with van der Waals surface area (Å²) >= 11 is 9.88. The van der Waals surface area contributed by atoms with Crippen molar-refractivity contribution in [3.8, 4) is 11.3 Å². The van der Waals surface area contributed by atoms with E-state index >= 15 is 0 Å². The van der Waals surface area contributed by atoms with Crippen LogP contribution >= 0.6 is 27.5 Å². The minimum Gasteiger partial charge on any atom is -0.354 e. The third-order valence-electron chi connectivity index (χ3n) is 3.95. The van der Waals surface area contributed by atoms with Crippen molar-refractivity contribution in [3.05, 3.63) is 57.3 Å². The molecule has 0 aliphatic carbocycles. The van der Waals surface area contributed by atoms with Crippen LogP contribution in [0.15, 0.2) is 40.9 Å². The van der Waals surface area contributed by atoms with E-state index in [0.717, 1.165) is 51.5 Å². The molecule has 1 aromatic heterocycles. The number of H-pyrrole nitrogens is 1. The lowest BCUT2D eigenvalue weighted by Crippen LogP contribution is -1.99. The molecule has 0 aliphatic heterocycles. The molecule has 0 saturated carbocycles. The summed E-state index contributed by atoms with van der Waals surface area (Å²) in [6.45, 7) is 0.656. The zero-order chi connectivity index (χ0) is 16.4. The first-order valence-electron chi connectivity index (χ1n) is 7.55. The van der Waals surface area contributed by atoms with E-state index in [2.05, 4.69) is 20.9 Å². The Morgan fingerprint density at radius 2 is 1.96 bits per heavy atom. The fraction of sp³-hybridized carbons (Fsp3) is 0.222. The predicted octanol–water partition coefficient (Wildman–Crippen LogP) is 5.67. The van der Waals surface area contributed by atoms with Crippen molar-refractivity contribution in [2.24, 2.45) is 5.73 Å². The van der Waals surface area contributed by atoms with Gasteiger partial charge in [-0.3, -0.25) is 0 Å². The van der Waals surface area contributed by atoms with Crippen molar-refractivity contribution >= 4 is 38.4 Å². The molecule has 0 fully saturated rings. The van der Waals surface area contributed by atoms with Crippen LogP contribution in [0, 0.1) is 5.82 Å². The molecule has 3 aromatic rings. The minimum absolute atomic E-state index is 0.233. The number of rotatable bonds is 5. The van der Waals surface area contributed by atoms with Crippen LogP contribution in [-0.2, 0) is 6.42 Å². The highest BCUT2D eigenvalue weighted by molar-refractivity contribution is 9.10. The van der Waals surface area contributed by atoms with Crippen molar-refractivity contribution in [2.45, 2.75) is 19.3 Å². The molecule has 23 heavy (non-hydrogen) atoms. The van der Waals surface area contributed by atoms with Crippen LogP contribution in [0.2, 0.25) is 5.02 Å². The Bertz CT molecular complexity index is 844. The quantitative estimate of drug-likeness (QED) is 0.537. The molecule has 0 atom stereocenters. The van der Waals surface area contributed by atoms with Crippen LogP contribution in [0.25, 0.3) is 22.2 Å². The molecular formula is C18H17BrClFN2. The summed E-state index contributed by atoms with van der Waals surface area (Å²) < 4.78 is 14.6. The Morgan fingerprint density at radius 3 is 2.74 bits per heavy atom. The maximum atomic E-state index is 13.7. The van der Waals surface area contributed by atoms with Crippen molar-refractivity contribution in [1.29, 1.82) is 0 Å². The number of nitrogens with one attached hydrogen (secondary N) is 1. The monoisotopic (exact) mass is 394 g/mol. The molecular weight excluding hydrogens is 379 g/mol. The van der Waals surface area contributed by atoms with Crippen LogP contribution in [0.3, 0.4) is 0 Å². The molecule has 120 valence electrons. The van der Waals surface area contributed by atoms with Gasteiger partial charge in [-0.05, 0) is 67.8 Å². The number of benzene rings is 2. The lowest BCUT2D eigenvalue weighted by atomic mass is 10.00. The highest BCUT2D eigenvalue weighted by Gasteiger charge is 2.16. The maximum absolute atomic E-state index is 13.7. The van der Waals surface area contributed by atoms with E-state index in [1.54, 1.807) is 12.1 Å². The molecule has 0 spiro atoms. The summed E-state index contributed by atoms with van der Waals surface area (Å²) in [7, 11) is 0. The van der Waals surface area contributed by atoms with Crippen molar-refractivity contribution < 1.29 is 4.39 Å². The van der Waals surface area contributed by atoms with Gasteiger partial charge in [0, 0.05) is 26.0 Å². The van der Waals surface area contributed by atoms with Crippen LogP contribution in [0.1, 0.15) is 18.4 Å². The van der Waals surface area contributed by atoms with Gasteiger partial charge in [0.2, 0.25) is 0 Å². The second kappa shape index (κ2) is 7.04. The van der Waals surface area contributed by atoms with E-state index in [9.17, 15) is 4.39 Å². The summed E-state index contributed by atoms with van der Waals surface area (Å²) in [5, 5.41) is 1.58. The summed E-state index contributed by atoms with van der Waals surface area (Å²) in [5.74, 6) is -0.233. The Hall–Kier alpha value is -1.36. The standard InChI is InChI=1S/C18H17BrClFN2/c19-11-4-6-16(20)15(9-11)18-13(3-1-2-8-22)14-10-12(21)5-7-17(14)23-18/h4-7,9-10,23H,1-3,8,22H2. The first kappa shape index (κ1) is 16.5. The van der Waals surface area contributed by atoms with Crippen LogP contribution in [0.4, 0.5) is 4.39 Å². The third-order valence-corrected chi connectivity index (χ3v) is 4.77. The number of hydrogen-bond donors (Lipinski definition) is 2. The number of nitrogens with two attached hydrogens (primary N) is 1. The topological polar surface area (TPSA) is 41.8 Å². The fourth-order valence-electron chi connectivity index (χ4n) is 2.84. The first-order valence-corrected chi connectivity index (χ1v) is 8.73. The highest BCUT2D eigenvalue weighted by atomic mass is 79.9. The smallest absolute Gasteiger partial charge is 0.123 e. The number of hydrogen-bond acceptors (Lipinski definition) is 1. The Labute approximate surface area is 148 Å². The Balaban J connectivity index is 2.18. The zero-order valence-electron chi connectivity index (χ0n) is 12.5. The van der Waals surface area contributed by atoms with Gasteiger partial charge < -0.3 is 10.7 Å². The van der Waals surface area contributed by atoms with Gasteiger partial charge in [0.05, 0.1) is 5.69 Å². The molecule has 1 heterocycles. The van der Waals surface area contributed by atoms with Gasteiger partial charge >= 0.3 is 0 Å². The SMILES string of the molecule is NCCCCc1c(-c2cc(Br)ccc2Cl)[nH]c2ccc(F)cc12. The van der Waals surface area contributed by atoms with Gasteiger partial charge in [0.25, 0.3) is 0 Å². The van der Waals surface area contributed by atoms with Crippen molar-refractivity contribution in [2.75, 3.05) is 6.54 Å². The zero-order valence-corrected chi connectivity index (χ0v) is 14.8. The van der Waals surface area contributed by atoms with E-state index < -0.39 is 0 Å². The van der Waals surface area contributed by atoms with Gasteiger partial charge in [0.1, 0.15) is 5.82 Å². The average Bonchev–Trinajstić information content (AvgIpc) is 2.88. The lowest BCUT2D eigenvalue weighted by molar-refractivity contribution is 0.629. The molecule has 0 aliphatic rings. The average molecular weight is 396 g/mol. The second-order valence-electron chi connectivity index (χ2n) is 5.54. The molecule has 2 aromatic carbocycles. The number of halogens is 3. The van der Waals surface area contributed by atoms with E-state index in [0.29, 0.717) is 11.6 Å². The maximum Gasteiger partial charge on any atom is 0.123 e. The minimum atomic E-state index is -0.233. The molecule has 0 saturated heterocycles. The third kappa shape index (κ3) is 3.44. The van der Waals surface area contributed by atoms with E-state index in [4.69, 9.17) is 17.3 Å². The van der Waals surface area contributed by atoms with E-state index in [1.165, 1.54) is 6.07 Å². The van der Waals surface area contributed by atoms with Crippen molar-refractivity contribution in [3.63, 3.8) is 0 Å². The number of aromatic nitrogens is 1. The normalized spacial score (nSPS) is 11.3. The van der Waals surface area contributed by atoms with E-state index in [-0.39, 0.29) is 5.82 Å². The summed E-state index contributed by atoms with van der Waals surface area (Å²) in [6.07, 6.45) is 2.73. The number of fused-ring (bicyclic) bond motifs is 1. The summed E-state index contributed by atoms with van der Waals surface area (Å²) in [5.41, 5.74) is 9.48. The summed E-state index contributed by atoms with van der Waals surface area (Å²) in [4.78, 5) is 3.40. The molecule has 0 bridgehead atoms. The highest BCUT2D eigenvalue weighted by Crippen LogP contribution is 2.37. The van der Waals surface area contributed by atoms with Gasteiger partial charge in [-0.15, -0.1) is 0 Å². The van der Waals surface area contributed by atoms with Gasteiger partial charge in [-0.25, -0.2) is 4.39 Å². The predicted molar refractivity (Wildman–Crippen MR) is 98.4 cm³/mol. The lowest BCUT2D eigenvalue weighted by Gasteiger charge is -2.08. The number of aryl methyl sites for hydroxylation is 1. The van der Waals surface area contributed by atoms with Crippen molar-refractivity contribution in [1.82, 2.24) is 4.98 Å². The molecule has 0 unspecified atom stereocenters. The van der Waals surface area contributed by atoms with Crippen LogP contribution in [0.5, 0.6) is 0 Å². The number of unbranched alkanes of at least 4 members (excludes halogenated alkanes) is 1. The van der Waals surface area contributed by atoms with Crippen LogP contribution < -0.4 is 5.73 Å². The van der Waals surface area contributed by atoms with Gasteiger partial charge in [0.15, 0.2) is 0 Å². The second-order valence-corrected chi connectivity index (χ2v) is 6.86.